The Morgan fingerprint density at radius 2 is 2.27 bits per heavy atom. The Hall–Kier alpha value is -1.09. The number of nitrogens with one attached hydrogen (secondary N) is 2. The standard InChI is InChI=1S/C12H19N3/c1-8-4-9(2)12(14-6-8)15-11-5-10(3)13-7-11/h4,6,10-11,13H,5,7H2,1-3H3,(H,14,15)/t10-,11-/m0/s1. The third-order valence-electron chi connectivity index (χ3n) is 2.91. The first-order chi connectivity index (χ1) is 7.15. The molecule has 1 aliphatic heterocycles. The first kappa shape index (κ1) is 10.4. The van der Waals surface area contributed by atoms with Crippen LogP contribution in [0.2, 0.25) is 0 Å². The van der Waals surface area contributed by atoms with Crippen LogP contribution in [-0.2, 0) is 0 Å². The summed E-state index contributed by atoms with van der Waals surface area (Å²) in [5.74, 6) is 1.03. The van der Waals surface area contributed by atoms with Gasteiger partial charge in [-0.3, -0.25) is 0 Å². The number of hydrogen-bond donors (Lipinski definition) is 2. The number of nitrogens with zero attached hydrogens (tertiary/aromatic N) is 1. The molecule has 0 unspecified atom stereocenters. The lowest BCUT2D eigenvalue weighted by Gasteiger charge is -2.14. The smallest absolute Gasteiger partial charge is 0.129 e. The zero-order valence-electron chi connectivity index (χ0n) is 9.67. The van der Waals surface area contributed by atoms with Gasteiger partial charge in [-0.25, -0.2) is 4.98 Å². The van der Waals surface area contributed by atoms with Gasteiger partial charge in [-0.15, -0.1) is 0 Å². The summed E-state index contributed by atoms with van der Waals surface area (Å²) in [6.45, 7) is 7.43. The van der Waals surface area contributed by atoms with E-state index in [2.05, 4.69) is 42.5 Å². The van der Waals surface area contributed by atoms with Crippen LogP contribution in [0, 0.1) is 13.8 Å². The Morgan fingerprint density at radius 1 is 1.47 bits per heavy atom. The lowest BCUT2D eigenvalue weighted by Crippen LogP contribution is -2.23. The van der Waals surface area contributed by atoms with Crippen molar-refractivity contribution in [3.8, 4) is 0 Å². The van der Waals surface area contributed by atoms with Crippen molar-refractivity contribution < 1.29 is 0 Å². The highest BCUT2D eigenvalue weighted by molar-refractivity contribution is 5.45. The largest absolute Gasteiger partial charge is 0.366 e. The number of anilines is 1. The summed E-state index contributed by atoms with van der Waals surface area (Å²) in [5, 5.41) is 6.92. The lowest BCUT2D eigenvalue weighted by molar-refractivity contribution is 0.661. The monoisotopic (exact) mass is 205 g/mol. The highest BCUT2D eigenvalue weighted by Crippen LogP contribution is 2.16. The van der Waals surface area contributed by atoms with E-state index in [-0.39, 0.29) is 0 Å². The van der Waals surface area contributed by atoms with Crippen LogP contribution in [0.1, 0.15) is 24.5 Å². The third kappa shape index (κ3) is 2.48. The second kappa shape index (κ2) is 4.19. The van der Waals surface area contributed by atoms with Crippen LogP contribution in [0.25, 0.3) is 0 Å². The maximum absolute atomic E-state index is 4.43. The summed E-state index contributed by atoms with van der Waals surface area (Å²) in [6, 6.07) is 3.31. The molecule has 3 heteroatoms. The molecular weight excluding hydrogens is 186 g/mol. The number of hydrogen-bond acceptors (Lipinski definition) is 3. The Balaban J connectivity index is 2.04. The lowest BCUT2D eigenvalue weighted by atomic mass is 10.1. The third-order valence-corrected chi connectivity index (χ3v) is 2.91. The minimum absolute atomic E-state index is 0.522. The first-order valence-electron chi connectivity index (χ1n) is 5.58. The molecule has 2 rings (SSSR count). The Morgan fingerprint density at radius 3 is 2.87 bits per heavy atom. The average molecular weight is 205 g/mol. The molecule has 0 bridgehead atoms. The fraction of sp³-hybridized carbons (Fsp3) is 0.583. The molecule has 0 aromatic carbocycles. The predicted molar refractivity (Wildman–Crippen MR) is 63.2 cm³/mol. The Kier molecular flexibility index (Phi) is 2.91. The van der Waals surface area contributed by atoms with E-state index in [1.165, 1.54) is 17.5 Å². The van der Waals surface area contributed by atoms with E-state index in [9.17, 15) is 0 Å². The molecule has 0 radical (unpaired) electrons. The van der Waals surface area contributed by atoms with E-state index >= 15 is 0 Å². The molecule has 2 heterocycles. The van der Waals surface area contributed by atoms with E-state index in [1.54, 1.807) is 0 Å². The minimum atomic E-state index is 0.522. The van der Waals surface area contributed by atoms with Gasteiger partial charge in [0.05, 0.1) is 0 Å². The molecule has 0 spiro atoms. The fourth-order valence-electron chi connectivity index (χ4n) is 2.11. The molecule has 1 fully saturated rings. The molecule has 3 nitrogen and oxygen atoms in total. The molecular formula is C12H19N3. The van der Waals surface area contributed by atoms with Gasteiger partial charge in [0.15, 0.2) is 0 Å². The zero-order valence-corrected chi connectivity index (χ0v) is 9.67. The molecule has 0 amide bonds. The Labute approximate surface area is 91.3 Å². The highest BCUT2D eigenvalue weighted by Gasteiger charge is 2.20. The van der Waals surface area contributed by atoms with Gasteiger partial charge >= 0.3 is 0 Å². The fourth-order valence-corrected chi connectivity index (χ4v) is 2.11. The molecule has 1 aromatic heterocycles. The van der Waals surface area contributed by atoms with Gasteiger partial charge in [-0.1, -0.05) is 6.07 Å². The van der Waals surface area contributed by atoms with Crippen molar-refractivity contribution in [2.75, 3.05) is 11.9 Å². The van der Waals surface area contributed by atoms with Crippen molar-refractivity contribution in [2.45, 2.75) is 39.3 Å². The molecule has 0 aliphatic carbocycles. The molecule has 0 saturated carbocycles. The molecule has 2 N–H and O–H groups in total. The van der Waals surface area contributed by atoms with Gasteiger partial charge in [0.1, 0.15) is 5.82 Å². The van der Waals surface area contributed by atoms with Crippen LogP contribution >= 0.6 is 0 Å². The van der Waals surface area contributed by atoms with Crippen LogP contribution in [0.15, 0.2) is 12.3 Å². The second-order valence-corrected chi connectivity index (χ2v) is 4.56. The second-order valence-electron chi connectivity index (χ2n) is 4.56. The van der Waals surface area contributed by atoms with Crippen molar-refractivity contribution in [2.24, 2.45) is 0 Å². The van der Waals surface area contributed by atoms with E-state index in [0.29, 0.717) is 12.1 Å². The van der Waals surface area contributed by atoms with Crippen molar-refractivity contribution in [1.82, 2.24) is 10.3 Å². The van der Waals surface area contributed by atoms with Gasteiger partial charge in [0.2, 0.25) is 0 Å². The average Bonchev–Trinajstić information content (AvgIpc) is 2.56. The van der Waals surface area contributed by atoms with Crippen molar-refractivity contribution >= 4 is 5.82 Å². The Bertz CT molecular complexity index is 349. The van der Waals surface area contributed by atoms with Gasteiger partial charge in [-0.2, -0.15) is 0 Å². The SMILES string of the molecule is Cc1cnc(N[C@@H]2CN[C@@H](C)C2)c(C)c1. The molecule has 1 aromatic rings. The van der Waals surface area contributed by atoms with Crippen LogP contribution in [0.3, 0.4) is 0 Å². The van der Waals surface area contributed by atoms with Gasteiger partial charge in [0.25, 0.3) is 0 Å². The normalized spacial score (nSPS) is 25.5. The van der Waals surface area contributed by atoms with E-state index < -0.39 is 0 Å². The molecule has 15 heavy (non-hydrogen) atoms. The summed E-state index contributed by atoms with van der Waals surface area (Å²) >= 11 is 0. The number of aryl methyl sites for hydroxylation is 2. The molecule has 1 saturated heterocycles. The van der Waals surface area contributed by atoms with E-state index in [0.717, 1.165) is 12.4 Å². The van der Waals surface area contributed by atoms with Crippen LogP contribution in [0.5, 0.6) is 0 Å². The quantitative estimate of drug-likeness (QED) is 0.774. The number of rotatable bonds is 2. The van der Waals surface area contributed by atoms with Crippen molar-refractivity contribution in [3.63, 3.8) is 0 Å². The maximum Gasteiger partial charge on any atom is 0.129 e. The van der Waals surface area contributed by atoms with Gasteiger partial charge < -0.3 is 10.6 Å². The van der Waals surface area contributed by atoms with Crippen LogP contribution < -0.4 is 10.6 Å². The summed E-state index contributed by atoms with van der Waals surface area (Å²) in [6.07, 6.45) is 3.09. The first-order valence-corrected chi connectivity index (χ1v) is 5.58. The van der Waals surface area contributed by atoms with Crippen molar-refractivity contribution in [3.05, 3.63) is 23.4 Å². The molecule has 2 atom stereocenters. The van der Waals surface area contributed by atoms with Crippen LogP contribution in [-0.4, -0.2) is 23.6 Å². The van der Waals surface area contributed by atoms with Crippen LogP contribution in [0.4, 0.5) is 5.82 Å². The number of aromatic nitrogens is 1. The molecule has 82 valence electrons. The molecule has 1 aliphatic rings. The predicted octanol–water partition coefficient (Wildman–Crippen LogP) is 1.86. The number of pyridine rings is 1. The zero-order chi connectivity index (χ0) is 10.8. The summed E-state index contributed by atoms with van der Waals surface area (Å²) in [5.41, 5.74) is 2.45. The summed E-state index contributed by atoms with van der Waals surface area (Å²) in [4.78, 5) is 4.43. The maximum atomic E-state index is 4.43. The minimum Gasteiger partial charge on any atom is -0.366 e. The van der Waals surface area contributed by atoms with Gasteiger partial charge in [0, 0.05) is 24.8 Å². The summed E-state index contributed by atoms with van der Waals surface area (Å²) in [7, 11) is 0. The van der Waals surface area contributed by atoms with E-state index in [4.69, 9.17) is 0 Å². The van der Waals surface area contributed by atoms with Gasteiger partial charge in [-0.05, 0) is 38.3 Å². The van der Waals surface area contributed by atoms with E-state index in [1.807, 2.05) is 6.20 Å². The highest BCUT2D eigenvalue weighted by atomic mass is 15.1. The van der Waals surface area contributed by atoms with Crippen molar-refractivity contribution in [1.29, 1.82) is 0 Å². The summed E-state index contributed by atoms with van der Waals surface area (Å²) < 4.78 is 0. The topological polar surface area (TPSA) is 37.0 Å².